The highest BCUT2D eigenvalue weighted by atomic mass is 16.5. The number of rotatable bonds is 5. The maximum atomic E-state index is 12.5. The molecule has 0 N–H and O–H groups in total. The molecule has 25 heavy (non-hydrogen) atoms. The molecule has 0 amide bonds. The van der Waals surface area contributed by atoms with Gasteiger partial charge in [0, 0.05) is 13.1 Å². The smallest absolute Gasteiger partial charge is 0.323 e. The van der Waals surface area contributed by atoms with Crippen molar-refractivity contribution < 1.29 is 9.53 Å². The van der Waals surface area contributed by atoms with Crippen molar-refractivity contribution in [2.24, 2.45) is 0 Å². The van der Waals surface area contributed by atoms with Crippen molar-refractivity contribution in [2.75, 3.05) is 6.61 Å². The largest absolute Gasteiger partial charge is 0.465 e. The first kappa shape index (κ1) is 17.7. The molecule has 3 heteroatoms. The van der Waals surface area contributed by atoms with Gasteiger partial charge in [-0.15, -0.1) is 0 Å². The maximum absolute atomic E-state index is 12.5. The molecule has 0 aliphatic carbocycles. The van der Waals surface area contributed by atoms with Crippen LogP contribution in [0.3, 0.4) is 0 Å². The fraction of sp³-hybridized carbons (Fsp3) is 0.409. The number of fused-ring (bicyclic) bond motifs is 1. The van der Waals surface area contributed by atoms with E-state index >= 15 is 0 Å². The molecule has 1 aliphatic rings. The molecule has 0 saturated carbocycles. The van der Waals surface area contributed by atoms with Gasteiger partial charge in [0.1, 0.15) is 6.04 Å². The molecular weight excluding hydrogens is 310 g/mol. The van der Waals surface area contributed by atoms with Gasteiger partial charge in [-0.3, -0.25) is 9.69 Å². The Morgan fingerprint density at radius 3 is 2.44 bits per heavy atom. The molecule has 0 fully saturated rings. The number of nitrogens with zero attached hydrogens (tertiary/aromatic N) is 1. The quantitative estimate of drug-likeness (QED) is 0.762. The van der Waals surface area contributed by atoms with Gasteiger partial charge in [-0.2, -0.15) is 0 Å². The van der Waals surface area contributed by atoms with Crippen LogP contribution >= 0.6 is 0 Å². The van der Waals surface area contributed by atoms with Gasteiger partial charge in [-0.05, 0) is 41.5 Å². The van der Waals surface area contributed by atoms with E-state index in [0.29, 0.717) is 12.5 Å². The number of benzene rings is 2. The summed E-state index contributed by atoms with van der Waals surface area (Å²) in [5.74, 6) is 0.416. The van der Waals surface area contributed by atoms with Gasteiger partial charge in [-0.25, -0.2) is 0 Å². The SMILES string of the molecule is CCOC(=O)C1Cc2ccccc2CN1Cc1ccc(C(C)C)cc1. The van der Waals surface area contributed by atoms with E-state index in [1.54, 1.807) is 0 Å². The summed E-state index contributed by atoms with van der Waals surface area (Å²) in [5.41, 5.74) is 5.14. The summed E-state index contributed by atoms with van der Waals surface area (Å²) in [4.78, 5) is 14.7. The second-order valence-corrected chi connectivity index (χ2v) is 7.04. The molecule has 0 bridgehead atoms. The monoisotopic (exact) mass is 337 g/mol. The molecular formula is C22H27NO2. The summed E-state index contributed by atoms with van der Waals surface area (Å²) in [5, 5.41) is 0. The van der Waals surface area contributed by atoms with Crippen LogP contribution in [-0.4, -0.2) is 23.5 Å². The molecule has 1 heterocycles. The number of carbonyl (C=O) groups is 1. The van der Waals surface area contributed by atoms with Gasteiger partial charge in [0.05, 0.1) is 6.61 Å². The van der Waals surface area contributed by atoms with Gasteiger partial charge < -0.3 is 4.74 Å². The Balaban J connectivity index is 1.82. The predicted octanol–water partition coefficient (Wildman–Crippen LogP) is 4.30. The first-order chi connectivity index (χ1) is 12.1. The summed E-state index contributed by atoms with van der Waals surface area (Å²) < 4.78 is 5.33. The summed E-state index contributed by atoms with van der Waals surface area (Å²) in [6.45, 7) is 8.24. The zero-order valence-electron chi connectivity index (χ0n) is 15.4. The van der Waals surface area contributed by atoms with Crippen molar-refractivity contribution in [1.29, 1.82) is 0 Å². The van der Waals surface area contributed by atoms with Crippen LogP contribution in [0.2, 0.25) is 0 Å². The van der Waals surface area contributed by atoms with Gasteiger partial charge >= 0.3 is 5.97 Å². The minimum atomic E-state index is -0.209. The Labute approximate surface area is 150 Å². The lowest BCUT2D eigenvalue weighted by Crippen LogP contribution is -2.45. The van der Waals surface area contributed by atoms with Crippen molar-refractivity contribution in [3.63, 3.8) is 0 Å². The Morgan fingerprint density at radius 1 is 1.12 bits per heavy atom. The minimum absolute atomic E-state index is 0.115. The van der Waals surface area contributed by atoms with E-state index < -0.39 is 0 Å². The normalized spacial score (nSPS) is 17.4. The summed E-state index contributed by atoms with van der Waals surface area (Å²) in [6.07, 6.45) is 0.721. The summed E-state index contributed by atoms with van der Waals surface area (Å²) in [7, 11) is 0. The van der Waals surface area contributed by atoms with Crippen LogP contribution in [0.4, 0.5) is 0 Å². The highest BCUT2D eigenvalue weighted by Crippen LogP contribution is 2.26. The van der Waals surface area contributed by atoms with Crippen molar-refractivity contribution >= 4 is 5.97 Å². The standard InChI is InChI=1S/C22H27NO2/c1-4-25-22(24)21-13-19-7-5-6-8-20(19)15-23(21)14-17-9-11-18(12-10-17)16(2)3/h5-12,16,21H,4,13-15H2,1-3H3. The fourth-order valence-corrected chi connectivity index (χ4v) is 3.46. The molecule has 2 aromatic carbocycles. The minimum Gasteiger partial charge on any atom is -0.465 e. The molecule has 1 unspecified atom stereocenters. The van der Waals surface area contributed by atoms with E-state index in [9.17, 15) is 4.79 Å². The van der Waals surface area contributed by atoms with Crippen molar-refractivity contribution in [1.82, 2.24) is 4.90 Å². The van der Waals surface area contributed by atoms with Crippen molar-refractivity contribution in [2.45, 2.75) is 52.2 Å². The second-order valence-electron chi connectivity index (χ2n) is 7.04. The van der Waals surface area contributed by atoms with E-state index in [0.717, 1.165) is 19.5 Å². The number of ether oxygens (including phenoxy) is 1. The van der Waals surface area contributed by atoms with Gasteiger partial charge in [0.15, 0.2) is 0 Å². The highest BCUT2D eigenvalue weighted by Gasteiger charge is 2.32. The molecule has 3 rings (SSSR count). The van der Waals surface area contributed by atoms with E-state index in [1.807, 2.05) is 13.0 Å². The van der Waals surface area contributed by atoms with Gasteiger partial charge in [-0.1, -0.05) is 62.4 Å². The van der Waals surface area contributed by atoms with Crippen LogP contribution < -0.4 is 0 Å². The third-order valence-corrected chi connectivity index (χ3v) is 4.94. The van der Waals surface area contributed by atoms with Gasteiger partial charge in [0.2, 0.25) is 0 Å². The molecule has 1 aliphatic heterocycles. The number of carbonyl (C=O) groups excluding carboxylic acids is 1. The van der Waals surface area contributed by atoms with Crippen LogP contribution in [0.25, 0.3) is 0 Å². The third kappa shape index (κ3) is 4.10. The fourth-order valence-electron chi connectivity index (χ4n) is 3.46. The lowest BCUT2D eigenvalue weighted by Gasteiger charge is -2.35. The maximum Gasteiger partial charge on any atom is 0.323 e. The summed E-state index contributed by atoms with van der Waals surface area (Å²) in [6, 6.07) is 16.9. The first-order valence-electron chi connectivity index (χ1n) is 9.14. The van der Waals surface area contributed by atoms with E-state index in [4.69, 9.17) is 4.74 Å². The molecule has 1 atom stereocenters. The highest BCUT2D eigenvalue weighted by molar-refractivity contribution is 5.76. The zero-order valence-corrected chi connectivity index (χ0v) is 15.4. The lowest BCUT2D eigenvalue weighted by molar-refractivity contribution is -0.150. The van der Waals surface area contributed by atoms with E-state index in [2.05, 4.69) is 61.2 Å². The summed E-state index contributed by atoms with van der Waals surface area (Å²) >= 11 is 0. The molecule has 0 spiro atoms. The molecule has 2 aromatic rings. The van der Waals surface area contributed by atoms with Crippen LogP contribution in [0.15, 0.2) is 48.5 Å². The molecule has 3 nitrogen and oxygen atoms in total. The number of hydrogen-bond donors (Lipinski definition) is 0. The van der Waals surface area contributed by atoms with Crippen LogP contribution in [-0.2, 0) is 29.0 Å². The topological polar surface area (TPSA) is 29.5 Å². The third-order valence-electron chi connectivity index (χ3n) is 4.94. The Morgan fingerprint density at radius 2 is 1.80 bits per heavy atom. The zero-order chi connectivity index (χ0) is 17.8. The average molecular weight is 337 g/mol. The lowest BCUT2D eigenvalue weighted by atomic mass is 9.93. The van der Waals surface area contributed by atoms with Gasteiger partial charge in [0.25, 0.3) is 0 Å². The van der Waals surface area contributed by atoms with Crippen LogP contribution in [0.5, 0.6) is 0 Å². The number of esters is 1. The van der Waals surface area contributed by atoms with Crippen molar-refractivity contribution in [3.8, 4) is 0 Å². The Bertz CT molecular complexity index is 721. The number of hydrogen-bond acceptors (Lipinski definition) is 3. The Kier molecular flexibility index (Phi) is 5.54. The second kappa shape index (κ2) is 7.83. The Hall–Kier alpha value is -2.13. The molecule has 0 saturated heterocycles. The first-order valence-corrected chi connectivity index (χ1v) is 9.14. The average Bonchev–Trinajstić information content (AvgIpc) is 2.61. The van der Waals surface area contributed by atoms with E-state index in [1.165, 1.54) is 22.3 Å². The van der Waals surface area contributed by atoms with Crippen LogP contribution in [0.1, 0.15) is 48.9 Å². The molecule has 0 aromatic heterocycles. The van der Waals surface area contributed by atoms with Crippen LogP contribution in [0, 0.1) is 0 Å². The van der Waals surface area contributed by atoms with Crippen molar-refractivity contribution in [3.05, 3.63) is 70.8 Å². The molecule has 0 radical (unpaired) electrons. The predicted molar refractivity (Wildman–Crippen MR) is 100 cm³/mol. The van der Waals surface area contributed by atoms with E-state index in [-0.39, 0.29) is 12.0 Å². The molecule has 132 valence electrons.